The normalized spacial score (nSPS) is 23.0. The van der Waals surface area contributed by atoms with E-state index < -0.39 is 9.84 Å². The number of hydrogen-bond donors (Lipinski definition) is 1. The van der Waals surface area contributed by atoms with Crippen LogP contribution in [0.25, 0.3) is 0 Å². The van der Waals surface area contributed by atoms with Gasteiger partial charge in [0, 0.05) is 18.7 Å². The van der Waals surface area contributed by atoms with Crippen LogP contribution in [0.15, 0.2) is 30.3 Å². The molecule has 0 radical (unpaired) electrons. The number of para-hydroxylation sites is 1. The van der Waals surface area contributed by atoms with Crippen LogP contribution in [-0.2, 0) is 23.6 Å². The van der Waals surface area contributed by atoms with Crippen LogP contribution in [-0.4, -0.2) is 60.5 Å². The van der Waals surface area contributed by atoms with Crippen molar-refractivity contribution in [2.45, 2.75) is 19.0 Å². The molecule has 2 aromatic rings. The highest BCUT2D eigenvalue weighted by atomic mass is 32.2. The molecule has 2 fully saturated rings. The summed E-state index contributed by atoms with van der Waals surface area (Å²) in [5.74, 6) is 1.22. The van der Waals surface area contributed by atoms with Crippen LogP contribution in [0, 0.1) is 4.77 Å². The lowest BCUT2D eigenvalue weighted by Crippen LogP contribution is -3.14. The zero-order chi connectivity index (χ0) is 19.0. The standard InChI is InChI=1S/C18H25N5O2S2/c1-20-17(15-7-12-27(24,25)13-15)19-23(18(20)26)14-21-8-10-22(11-9-21)16-5-3-2-4-6-16/h2-6,15H,7-14H2,1H3/p+1/t15-/m0/s1. The molecule has 9 heteroatoms. The number of sulfone groups is 1. The minimum atomic E-state index is -2.93. The number of benzene rings is 1. The van der Waals surface area contributed by atoms with Crippen LogP contribution < -0.4 is 9.80 Å². The molecule has 0 saturated carbocycles. The topological polar surface area (TPSA) is 64.6 Å². The van der Waals surface area contributed by atoms with Crippen LogP contribution >= 0.6 is 12.2 Å². The smallest absolute Gasteiger partial charge is 0.202 e. The highest BCUT2D eigenvalue weighted by Crippen LogP contribution is 2.27. The molecular weight excluding hydrogens is 382 g/mol. The fourth-order valence-corrected chi connectivity index (χ4v) is 5.99. The quantitative estimate of drug-likeness (QED) is 0.733. The first-order chi connectivity index (χ1) is 12.9. The maximum atomic E-state index is 11.8. The molecule has 0 bridgehead atoms. The maximum Gasteiger partial charge on any atom is 0.202 e. The summed E-state index contributed by atoms with van der Waals surface area (Å²) in [5.41, 5.74) is 1.27. The Morgan fingerprint density at radius 2 is 1.93 bits per heavy atom. The molecule has 146 valence electrons. The molecule has 0 unspecified atom stereocenters. The molecule has 1 N–H and O–H groups in total. The van der Waals surface area contributed by atoms with Gasteiger partial charge < -0.3 is 14.4 Å². The molecule has 27 heavy (non-hydrogen) atoms. The van der Waals surface area contributed by atoms with Crippen molar-refractivity contribution in [2.24, 2.45) is 7.05 Å². The van der Waals surface area contributed by atoms with Gasteiger partial charge in [0.1, 0.15) is 5.82 Å². The SMILES string of the molecule is Cn1c([C@H]2CCS(=O)(=O)C2)nn(C[NH+]2CCN(c3ccccc3)CC2)c1=S. The van der Waals surface area contributed by atoms with Crippen molar-refractivity contribution in [2.75, 3.05) is 42.6 Å². The van der Waals surface area contributed by atoms with Crippen molar-refractivity contribution in [3.63, 3.8) is 0 Å². The fourth-order valence-electron chi connectivity index (χ4n) is 4.05. The predicted octanol–water partition coefficient (Wildman–Crippen LogP) is 0.216. The average Bonchev–Trinajstić information content (AvgIpc) is 3.17. The van der Waals surface area contributed by atoms with E-state index in [0.29, 0.717) is 11.2 Å². The van der Waals surface area contributed by atoms with E-state index >= 15 is 0 Å². The largest absolute Gasteiger partial charge is 0.360 e. The van der Waals surface area contributed by atoms with Gasteiger partial charge in [-0.15, -0.1) is 0 Å². The summed E-state index contributed by atoms with van der Waals surface area (Å²) in [7, 11) is -1.03. The molecule has 4 rings (SSSR count). The summed E-state index contributed by atoms with van der Waals surface area (Å²) in [6, 6.07) is 10.5. The van der Waals surface area contributed by atoms with Gasteiger partial charge >= 0.3 is 0 Å². The third-order valence-electron chi connectivity index (χ3n) is 5.64. The van der Waals surface area contributed by atoms with Gasteiger partial charge in [0.2, 0.25) is 4.77 Å². The summed E-state index contributed by atoms with van der Waals surface area (Å²) in [5, 5.41) is 4.70. The number of quaternary nitrogens is 1. The zero-order valence-corrected chi connectivity index (χ0v) is 17.2. The van der Waals surface area contributed by atoms with Crippen molar-refractivity contribution < 1.29 is 13.3 Å². The van der Waals surface area contributed by atoms with Crippen LogP contribution in [0.5, 0.6) is 0 Å². The maximum absolute atomic E-state index is 11.8. The average molecular weight is 409 g/mol. The van der Waals surface area contributed by atoms with Crippen molar-refractivity contribution in [1.82, 2.24) is 14.3 Å². The van der Waals surface area contributed by atoms with Crippen LogP contribution in [0.4, 0.5) is 5.69 Å². The Hall–Kier alpha value is -1.71. The number of nitrogens with one attached hydrogen (secondary N) is 1. The number of piperazine rings is 1. The van der Waals surface area contributed by atoms with E-state index in [1.807, 2.05) is 22.4 Å². The lowest BCUT2D eigenvalue weighted by atomic mass is 10.1. The minimum Gasteiger partial charge on any atom is -0.360 e. The van der Waals surface area contributed by atoms with E-state index in [2.05, 4.69) is 29.2 Å². The van der Waals surface area contributed by atoms with Crippen LogP contribution in [0.2, 0.25) is 0 Å². The third kappa shape index (κ3) is 3.95. The van der Waals surface area contributed by atoms with Gasteiger partial charge in [-0.25, -0.2) is 8.42 Å². The lowest BCUT2D eigenvalue weighted by molar-refractivity contribution is -0.924. The first kappa shape index (κ1) is 18.6. The van der Waals surface area contributed by atoms with Crippen LogP contribution in [0.3, 0.4) is 0 Å². The molecule has 2 aliphatic heterocycles. The summed E-state index contributed by atoms with van der Waals surface area (Å²) >= 11 is 5.57. The van der Waals surface area contributed by atoms with Gasteiger partial charge in [0.25, 0.3) is 0 Å². The molecule has 0 spiro atoms. The number of aromatic nitrogens is 3. The van der Waals surface area contributed by atoms with Crippen molar-refractivity contribution in [1.29, 1.82) is 0 Å². The molecular formula is C18H26N5O2S2+. The van der Waals surface area contributed by atoms with E-state index in [1.54, 1.807) is 0 Å². The summed E-state index contributed by atoms with van der Waals surface area (Å²) in [4.78, 5) is 3.86. The first-order valence-electron chi connectivity index (χ1n) is 9.41. The highest BCUT2D eigenvalue weighted by molar-refractivity contribution is 7.91. The second-order valence-corrected chi connectivity index (χ2v) is 10.1. The van der Waals surface area contributed by atoms with Crippen LogP contribution in [0.1, 0.15) is 18.2 Å². The first-order valence-corrected chi connectivity index (χ1v) is 11.6. The van der Waals surface area contributed by atoms with E-state index in [4.69, 9.17) is 17.3 Å². The second kappa shape index (κ2) is 7.37. The minimum absolute atomic E-state index is 0.0344. The van der Waals surface area contributed by atoms with Gasteiger partial charge in [0.05, 0.1) is 37.7 Å². The van der Waals surface area contributed by atoms with Crippen molar-refractivity contribution >= 4 is 27.7 Å². The molecule has 1 aromatic heterocycles. The van der Waals surface area contributed by atoms with Gasteiger partial charge in [-0.1, -0.05) is 18.2 Å². The molecule has 0 aliphatic carbocycles. The summed E-state index contributed by atoms with van der Waals surface area (Å²) in [6.45, 7) is 4.80. The molecule has 1 aromatic carbocycles. The van der Waals surface area contributed by atoms with E-state index in [0.717, 1.165) is 38.7 Å². The van der Waals surface area contributed by atoms with E-state index in [1.165, 1.54) is 10.6 Å². The lowest BCUT2D eigenvalue weighted by Gasteiger charge is -2.33. The molecule has 7 nitrogen and oxygen atoms in total. The third-order valence-corrected chi connectivity index (χ3v) is 7.89. The number of rotatable bonds is 4. The zero-order valence-electron chi connectivity index (χ0n) is 15.5. The van der Waals surface area contributed by atoms with E-state index in [9.17, 15) is 8.42 Å². The number of hydrogen-bond acceptors (Lipinski definition) is 5. The summed E-state index contributed by atoms with van der Waals surface area (Å²) < 4.78 is 28.0. The molecule has 3 heterocycles. The Morgan fingerprint density at radius 3 is 2.56 bits per heavy atom. The Labute approximate surface area is 165 Å². The van der Waals surface area contributed by atoms with Gasteiger partial charge in [-0.2, -0.15) is 9.78 Å². The Balaban J connectivity index is 1.42. The predicted molar refractivity (Wildman–Crippen MR) is 107 cm³/mol. The molecule has 1 atom stereocenters. The van der Waals surface area contributed by atoms with E-state index in [-0.39, 0.29) is 17.4 Å². The van der Waals surface area contributed by atoms with Gasteiger partial charge in [0.15, 0.2) is 16.5 Å². The van der Waals surface area contributed by atoms with Crippen molar-refractivity contribution in [3.05, 3.63) is 40.9 Å². The Morgan fingerprint density at radius 1 is 1.22 bits per heavy atom. The van der Waals surface area contributed by atoms with Gasteiger partial charge in [-0.05, 0) is 30.8 Å². The molecule has 0 amide bonds. The fraction of sp³-hybridized carbons (Fsp3) is 0.556. The monoisotopic (exact) mass is 408 g/mol. The van der Waals surface area contributed by atoms with Gasteiger partial charge in [-0.3, -0.25) is 0 Å². The highest BCUT2D eigenvalue weighted by Gasteiger charge is 2.33. The number of anilines is 1. The Bertz CT molecular complexity index is 959. The molecule has 2 saturated heterocycles. The molecule has 2 aliphatic rings. The summed E-state index contributed by atoms with van der Waals surface area (Å²) in [6.07, 6.45) is 0.643. The number of nitrogens with zero attached hydrogens (tertiary/aromatic N) is 4. The second-order valence-electron chi connectivity index (χ2n) is 7.53. The Kier molecular flexibility index (Phi) is 5.09. The van der Waals surface area contributed by atoms with Crippen molar-refractivity contribution in [3.8, 4) is 0 Å².